The maximum atomic E-state index is 12.5. The van der Waals surface area contributed by atoms with Crippen LogP contribution in [0.1, 0.15) is 24.5 Å². The van der Waals surface area contributed by atoms with E-state index in [0.717, 1.165) is 0 Å². The van der Waals surface area contributed by atoms with Crippen LogP contribution in [0.15, 0.2) is 24.3 Å². The first-order valence-electron chi connectivity index (χ1n) is 6.43. The molecular formula is C15H16O5. The Kier molecular flexibility index (Phi) is 3.61. The first-order valence-corrected chi connectivity index (χ1v) is 6.43. The Labute approximate surface area is 116 Å². The number of methoxy groups -OCH3 is 1. The van der Waals surface area contributed by atoms with Crippen LogP contribution >= 0.6 is 0 Å². The standard InChI is InChI=1S/C15H16O5/c1-3-10(13(17)18)15(14(19)20-2)11-7-5-4-6-9(11)8-12(15)16/h4-7,10H,3,8H2,1-2H3,(H,17,18). The van der Waals surface area contributed by atoms with Crippen LogP contribution < -0.4 is 0 Å². The molecule has 0 heterocycles. The molecular weight excluding hydrogens is 260 g/mol. The van der Waals surface area contributed by atoms with Crippen molar-refractivity contribution in [2.45, 2.75) is 25.2 Å². The summed E-state index contributed by atoms with van der Waals surface area (Å²) in [6.07, 6.45) is 0.236. The summed E-state index contributed by atoms with van der Waals surface area (Å²) in [5.74, 6) is -3.48. The van der Waals surface area contributed by atoms with Crippen molar-refractivity contribution in [2.75, 3.05) is 7.11 Å². The van der Waals surface area contributed by atoms with Gasteiger partial charge in [0, 0.05) is 6.42 Å². The molecule has 106 valence electrons. The lowest BCUT2D eigenvalue weighted by Gasteiger charge is -2.31. The molecule has 20 heavy (non-hydrogen) atoms. The van der Waals surface area contributed by atoms with Gasteiger partial charge in [0.05, 0.1) is 13.0 Å². The van der Waals surface area contributed by atoms with Gasteiger partial charge in [0.1, 0.15) is 0 Å². The summed E-state index contributed by atoms with van der Waals surface area (Å²) in [5, 5.41) is 9.43. The average molecular weight is 276 g/mol. The van der Waals surface area contributed by atoms with Crippen LogP contribution in [0, 0.1) is 5.92 Å². The molecule has 2 atom stereocenters. The number of hydrogen-bond acceptors (Lipinski definition) is 4. The predicted octanol–water partition coefficient (Wildman–Crippen LogP) is 1.33. The molecule has 0 fully saturated rings. The van der Waals surface area contributed by atoms with Gasteiger partial charge in [-0.3, -0.25) is 14.4 Å². The van der Waals surface area contributed by atoms with Crippen LogP contribution in [0.4, 0.5) is 0 Å². The van der Waals surface area contributed by atoms with Gasteiger partial charge in [-0.05, 0) is 17.5 Å². The molecule has 0 radical (unpaired) electrons. The molecule has 0 saturated heterocycles. The van der Waals surface area contributed by atoms with Crippen molar-refractivity contribution in [3.05, 3.63) is 35.4 Å². The number of ether oxygens (including phenoxy) is 1. The zero-order valence-corrected chi connectivity index (χ0v) is 11.4. The van der Waals surface area contributed by atoms with Crippen molar-refractivity contribution >= 4 is 17.7 Å². The number of carbonyl (C=O) groups excluding carboxylic acids is 2. The smallest absolute Gasteiger partial charge is 0.324 e. The lowest BCUT2D eigenvalue weighted by atomic mass is 9.69. The number of carboxylic acids is 1. The van der Waals surface area contributed by atoms with E-state index in [1.54, 1.807) is 31.2 Å². The number of carboxylic acid groups (broad SMARTS) is 1. The number of hydrogen-bond donors (Lipinski definition) is 1. The zero-order valence-electron chi connectivity index (χ0n) is 11.4. The third-order valence-electron chi connectivity index (χ3n) is 3.97. The Bertz CT molecular complexity index is 567. The van der Waals surface area contributed by atoms with Gasteiger partial charge in [-0.1, -0.05) is 31.2 Å². The largest absolute Gasteiger partial charge is 0.481 e. The van der Waals surface area contributed by atoms with E-state index in [1.165, 1.54) is 7.11 Å². The van der Waals surface area contributed by atoms with Crippen LogP contribution in [0.3, 0.4) is 0 Å². The molecule has 1 N–H and O–H groups in total. The van der Waals surface area contributed by atoms with Gasteiger partial charge >= 0.3 is 11.9 Å². The average Bonchev–Trinajstić information content (AvgIpc) is 2.72. The van der Waals surface area contributed by atoms with Gasteiger partial charge in [0.25, 0.3) is 0 Å². The monoisotopic (exact) mass is 276 g/mol. The summed E-state index contributed by atoms with van der Waals surface area (Å²) < 4.78 is 4.77. The first kappa shape index (κ1) is 14.2. The van der Waals surface area contributed by atoms with Gasteiger partial charge in [-0.25, -0.2) is 0 Å². The van der Waals surface area contributed by atoms with Crippen LogP contribution in [0.25, 0.3) is 0 Å². The molecule has 0 saturated carbocycles. The van der Waals surface area contributed by atoms with Gasteiger partial charge < -0.3 is 9.84 Å². The molecule has 1 aromatic rings. The van der Waals surface area contributed by atoms with E-state index in [4.69, 9.17) is 4.74 Å². The summed E-state index contributed by atoms with van der Waals surface area (Å²) in [7, 11) is 1.17. The van der Waals surface area contributed by atoms with E-state index in [9.17, 15) is 19.5 Å². The van der Waals surface area contributed by atoms with E-state index in [1.807, 2.05) is 0 Å². The summed E-state index contributed by atoms with van der Waals surface area (Å²) in [6, 6.07) is 6.85. The molecule has 1 aliphatic carbocycles. The Morgan fingerprint density at radius 3 is 2.60 bits per heavy atom. The van der Waals surface area contributed by atoms with Crippen LogP contribution in [-0.4, -0.2) is 29.9 Å². The number of rotatable bonds is 4. The molecule has 2 unspecified atom stereocenters. The minimum Gasteiger partial charge on any atom is -0.481 e. The van der Waals surface area contributed by atoms with E-state index in [0.29, 0.717) is 11.1 Å². The lowest BCUT2D eigenvalue weighted by molar-refractivity contribution is -0.162. The fourth-order valence-electron chi connectivity index (χ4n) is 3.10. The number of Topliss-reactive ketones (excluding diaryl/α,β-unsaturated/α-hetero) is 1. The predicted molar refractivity (Wildman–Crippen MR) is 70.3 cm³/mol. The quantitative estimate of drug-likeness (QED) is 0.663. The first-order chi connectivity index (χ1) is 9.49. The van der Waals surface area contributed by atoms with Crippen molar-refractivity contribution in [2.24, 2.45) is 5.92 Å². The lowest BCUT2D eigenvalue weighted by Crippen LogP contribution is -2.51. The fourth-order valence-corrected chi connectivity index (χ4v) is 3.10. The zero-order chi connectivity index (χ0) is 14.9. The van der Waals surface area contributed by atoms with E-state index >= 15 is 0 Å². The second-order valence-corrected chi connectivity index (χ2v) is 4.86. The molecule has 1 aliphatic rings. The van der Waals surface area contributed by atoms with Gasteiger partial charge in [-0.15, -0.1) is 0 Å². The Morgan fingerprint density at radius 1 is 1.40 bits per heavy atom. The fraction of sp³-hybridized carbons (Fsp3) is 0.400. The Hall–Kier alpha value is -2.17. The maximum absolute atomic E-state index is 12.5. The molecule has 0 aromatic heterocycles. The topological polar surface area (TPSA) is 80.7 Å². The molecule has 0 aliphatic heterocycles. The Balaban J connectivity index is 2.74. The number of aliphatic carboxylic acids is 1. The molecule has 5 heteroatoms. The van der Waals surface area contributed by atoms with Gasteiger partial charge in [-0.2, -0.15) is 0 Å². The highest BCUT2D eigenvalue weighted by atomic mass is 16.5. The number of esters is 1. The highest BCUT2D eigenvalue weighted by Gasteiger charge is 2.60. The molecule has 0 spiro atoms. The highest BCUT2D eigenvalue weighted by molar-refractivity contribution is 6.16. The van der Waals surface area contributed by atoms with Crippen LogP contribution in [-0.2, 0) is 31.0 Å². The van der Waals surface area contributed by atoms with Crippen LogP contribution in [0.2, 0.25) is 0 Å². The summed E-state index contributed by atoms with van der Waals surface area (Å²) in [4.78, 5) is 36.3. The number of fused-ring (bicyclic) bond motifs is 1. The molecule has 0 bridgehead atoms. The number of ketones is 1. The van der Waals surface area contributed by atoms with Crippen molar-refractivity contribution in [1.29, 1.82) is 0 Å². The third-order valence-corrected chi connectivity index (χ3v) is 3.97. The maximum Gasteiger partial charge on any atom is 0.324 e. The minimum absolute atomic E-state index is 0.0645. The normalized spacial score (nSPS) is 22.2. The van der Waals surface area contributed by atoms with Crippen molar-refractivity contribution in [3.63, 3.8) is 0 Å². The van der Waals surface area contributed by atoms with Crippen molar-refractivity contribution in [1.82, 2.24) is 0 Å². The van der Waals surface area contributed by atoms with Crippen molar-refractivity contribution < 1.29 is 24.2 Å². The van der Waals surface area contributed by atoms with Crippen molar-refractivity contribution in [3.8, 4) is 0 Å². The van der Waals surface area contributed by atoms with E-state index in [2.05, 4.69) is 0 Å². The molecule has 1 aromatic carbocycles. The van der Waals surface area contributed by atoms with Gasteiger partial charge in [0.2, 0.25) is 0 Å². The minimum atomic E-state index is -1.72. The Morgan fingerprint density at radius 2 is 2.05 bits per heavy atom. The second kappa shape index (κ2) is 5.07. The molecule has 2 rings (SSSR count). The summed E-state index contributed by atoms with van der Waals surface area (Å²) in [6.45, 7) is 1.65. The van der Waals surface area contributed by atoms with E-state index < -0.39 is 29.1 Å². The van der Waals surface area contributed by atoms with E-state index in [-0.39, 0.29) is 12.8 Å². The number of carbonyl (C=O) groups is 3. The second-order valence-electron chi connectivity index (χ2n) is 4.86. The number of benzene rings is 1. The van der Waals surface area contributed by atoms with Crippen LogP contribution in [0.5, 0.6) is 0 Å². The molecule has 0 amide bonds. The summed E-state index contributed by atoms with van der Waals surface area (Å²) >= 11 is 0. The molecule has 5 nitrogen and oxygen atoms in total. The SMILES string of the molecule is CCC(C(=O)O)C1(C(=O)OC)C(=O)Cc2ccccc21. The third kappa shape index (κ3) is 1.73. The summed E-state index contributed by atoms with van der Waals surface area (Å²) in [5.41, 5.74) is -0.556. The highest BCUT2D eigenvalue weighted by Crippen LogP contribution is 2.44. The van der Waals surface area contributed by atoms with Gasteiger partial charge in [0.15, 0.2) is 11.2 Å².